The van der Waals surface area contributed by atoms with Crippen LogP contribution in [0.1, 0.15) is 51.9 Å². The molecule has 1 N–H and O–H groups in total. The Labute approximate surface area is 114 Å². The second kappa shape index (κ2) is 5.17. The van der Waals surface area contributed by atoms with Crippen LogP contribution < -0.4 is 5.32 Å². The van der Waals surface area contributed by atoms with Crippen LogP contribution in [-0.4, -0.2) is 20.3 Å². The van der Waals surface area contributed by atoms with Crippen LogP contribution in [0.3, 0.4) is 0 Å². The number of nitrogens with zero attached hydrogens (tertiary/aromatic N) is 3. The van der Waals surface area contributed by atoms with Crippen LogP contribution in [-0.2, 0) is 6.54 Å². The Bertz CT molecular complexity index is 534. The highest BCUT2D eigenvalue weighted by Gasteiger charge is 2.12. The van der Waals surface area contributed by atoms with Crippen LogP contribution in [0.4, 0.5) is 0 Å². The molecule has 2 aromatic heterocycles. The monoisotopic (exact) mass is 262 g/mol. The first-order valence-corrected chi connectivity index (χ1v) is 6.60. The number of hydrogen-bond acceptors (Lipinski definition) is 4. The van der Waals surface area contributed by atoms with Gasteiger partial charge in [-0.3, -0.25) is 0 Å². The molecule has 0 fully saturated rings. The Balaban J connectivity index is 2.07. The summed E-state index contributed by atoms with van der Waals surface area (Å²) < 4.78 is 7.13. The molecule has 0 aliphatic heterocycles. The van der Waals surface area contributed by atoms with E-state index < -0.39 is 0 Å². The summed E-state index contributed by atoms with van der Waals surface area (Å²) in [5, 5.41) is 7.82. The number of oxazole rings is 1. The highest BCUT2D eigenvalue weighted by Crippen LogP contribution is 2.14. The van der Waals surface area contributed by atoms with E-state index in [9.17, 15) is 0 Å². The summed E-state index contributed by atoms with van der Waals surface area (Å²) in [5.74, 6) is 0.401. The van der Waals surface area contributed by atoms with Gasteiger partial charge in [0.1, 0.15) is 6.26 Å². The van der Waals surface area contributed by atoms with Gasteiger partial charge in [0.2, 0.25) is 0 Å². The van der Waals surface area contributed by atoms with Crippen LogP contribution in [0.25, 0.3) is 6.01 Å². The molecule has 2 heterocycles. The Hall–Kier alpha value is -1.62. The zero-order valence-electron chi connectivity index (χ0n) is 12.3. The molecule has 0 unspecified atom stereocenters. The van der Waals surface area contributed by atoms with Crippen molar-refractivity contribution >= 4 is 0 Å². The Kier molecular flexibility index (Phi) is 3.75. The van der Waals surface area contributed by atoms with E-state index in [0.29, 0.717) is 18.5 Å². The summed E-state index contributed by atoms with van der Waals surface area (Å²) in [4.78, 5) is 4.43. The normalized spacial score (nSPS) is 12.3. The number of hydrogen-bond donors (Lipinski definition) is 1. The predicted octanol–water partition coefficient (Wildman–Crippen LogP) is 2.87. The van der Waals surface area contributed by atoms with Crippen LogP contribution in [0.2, 0.25) is 0 Å². The predicted molar refractivity (Wildman–Crippen MR) is 74.3 cm³/mol. The summed E-state index contributed by atoms with van der Waals surface area (Å²) in [7, 11) is 0. The molecule has 0 aliphatic carbocycles. The lowest BCUT2D eigenvalue weighted by Gasteiger charge is -2.19. The Morgan fingerprint density at radius 1 is 1.37 bits per heavy atom. The van der Waals surface area contributed by atoms with Gasteiger partial charge in [-0.25, -0.2) is 0 Å². The van der Waals surface area contributed by atoms with Gasteiger partial charge in [-0.15, -0.1) is 0 Å². The fraction of sp³-hybridized carbons (Fsp3) is 0.571. The smallest absolute Gasteiger partial charge is 0.322 e. The van der Waals surface area contributed by atoms with Crippen molar-refractivity contribution in [3.63, 3.8) is 0 Å². The third-order valence-corrected chi connectivity index (χ3v) is 2.74. The molecule has 5 nitrogen and oxygen atoms in total. The van der Waals surface area contributed by atoms with Gasteiger partial charge in [-0.05, 0) is 32.8 Å². The maximum absolute atomic E-state index is 5.46. The van der Waals surface area contributed by atoms with Crippen molar-refractivity contribution in [2.75, 3.05) is 0 Å². The summed E-state index contributed by atoms with van der Waals surface area (Å²) >= 11 is 0. The average molecular weight is 262 g/mol. The van der Waals surface area contributed by atoms with Gasteiger partial charge < -0.3 is 9.73 Å². The lowest BCUT2D eigenvalue weighted by atomic mass is 10.1. The van der Waals surface area contributed by atoms with Gasteiger partial charge in [0, 0.05) is 18.3 Å². The topological polar surface area (TPSA) is 55.9 Å². The molecular weight excluding hydrogens is 240 g/mol. The van der Waals surface area contributed by atoms with E-state index in [4.69, 9.17) is 4.42 Å². The molecule has 0 aliphatic rings. The second-order valence-electron chi connectivity index (χ2n) is 6.06. The Morgan fingerprint density at radius 3 is 2.68 bits per heavy atom. The first-order chi connectivity index (χ1) is 8.85. The third-order valence-electron chi connectivity index (χ3n) is 2.74. The van der Waals surface area contributed by atoms with Gasteiger partial charge in [0.05, 0.1) is 11.4 Å². The molecule has 0 spiro atoms. The molecule has 0 aromatic carbocycles. The van der Waals surface area contributed by atoms with Crippen molar-refractivity contribution in [2.45, 2.75) is 52.6 Å². The number of aromatic nitrogens is 3. The SMILES string of the molecule is CC(C)c1ccn(-c2nc(CNC(C)(C)C)co2)n1. The molecule has 104 valence electrons. The van der Waals surface area contributed by atoms with Gasteiger partial charge >= 0.3 is 6.01 Å². The van der Waals surface area contributed by atoms with Gasteiger partial charge in [-0.2, -0.15) is 14.8 Å². The highest BCUT2D eigenvalue weighted by atomic mass is 16.4. The Morgan fingerprint density at radius 2 is 2.11 bits per heavy atom. The molecule has 2 aromatic rings. The fourth-order valence-corrected chi connectivity index (χ4v) is 1.59. The molecule has 0 saturated heterocycles. The number of rotatable bonds is 4. The molecule has 0 atom stereocenters. The summed E-state index contributed by atoms with van der Waals surface area (Å²) in [6, 6.07) is 2.50. The van der Waals surface area contributed by atoms with Crippen molar-refractivity contribution in [1.29, 1.82) is 0 Å². The highest BCUT2D eigenvalue weighted by molar-refractivity contribution is 5.13. The zero-order chi connectivity index (χ0) is 14.0. The van der Waals surface area contributed by atoms with Gasteiger partial charge in [0.15, 0.2) is 0 Å². The van der Waals surface area contributed by atoms with E-state index in [1.165, 1.54) is 0 Å². The molecule has 0 radical (unpaired) electrons. The van der Waals surface area contributed by atoms with E-state index in [2.05, 4.69) is 50.0 Å². The minimum absolute atomic E-state index is 0.0651. The minimum Gasteiger partial charge on any atom is -0.430 e. The van der Waals surface area contributed by atoms with E-state index >= 15 is 0 Å². The van der Waals surface area contributed by atoms with Crippen LogP contribution in [0, 0.1) is 0 Å². The first kappa shape index (κ1) is 13.8. The van der Waals surface area contributed by atoms with E-state index in [1.807, 2.05) is 12.3 Å². The quantitative estimate of drug-likeness (QED) is 0.920. The van der Waals surface area contributed by atoms with Crippen LogP contribution in [0.15, 0.2) is 22.9 Å². The van der Waals surface area contributed by atoms with Crippen LogP contribution >= 0.6 is 0 Å². The molecule has 19 heavy (non-hydrogen) atoms. The molecule has 2 rings (SSSR count). The van der Waals surface area contributed by atoms with E-state index in [0.717, 1.165) is 11.4 Å². The van der Waals surface area contributed by atoms with E-state index in [-0.39, 0.29) is 5.54 Å². The van der Waals surface area contributed by atoms with Gasteiger partial charge in [-0.1, -0.05) is 13.8 Å². The van der Waals surface area contributed by atoms with Crippen molar-refractivity contribution in [1.82, 2.24) is 20.1 Å². The lowest BCUT2D eigenvalue weighted by molar-refractivity contribution is 0.420. The largest absolute Gasteiger partial charge is 0.430 e. The molecule has 5 heteroatoms. The van der Waals surface area contributed by atoms with Crippen molar-refractivity contribution in [3.05, 3.63) is 29.9 Å². The summed E-state index contributed by atoms with van der Waals surface area (Å²) in [5.41, 5.74) is 1.98. The first-order valence-electron chi connectivity index (χ1n) is 6.60. The maximum Gasteiger partial charge on any atom is 0.322 e. The summed E-state index contributed by atoms with van der Waals surface area (Å²) in [6.07, 6.45) is 3.55. The number of nitrogens with one attached hydrogen (secondary N) is 1. The minimum atomic E-state index is 0.0651. The van der Waals surface area contributed by atoms with E-state index in [1.54, 1.807) is 10.9 Å². The average Bonchev–Trinajstić information content (AvgIpc) is 2.94. The molecular formula is C14H22N4O. The van der Waals surface area contributed by atoms with Crippen molar-refractivity contribution < 1.29 is 4.42 Å². The summed E-state index contributed by atoms with van der Waals surface area (Å²) in [6.45, 7) is 11.3. The van der Waals surface area contributed by atoms with Crippen molar-refractivity contribution in [3.8, 4) is 6.01 Å². The molecule has 0 amide bonds. The lowest BCUT2D eigenvalue weighted by Crippen LogP contribution is -2.35. The molecule has 0 saturated carbocycles. The maximum atomic E-state index is 5.46. The second-order valence-corrected chi connectivity index (χ2v) is 6.06. The molecule has 0 bridgehead atoms. The van der Waals surface area contributed by atoms with Crippen LogP contribution in [0.5, 0.6) is 0 Å². The fourth-order valence-electron chi connectivity index (χ4n) is 1.59. The zero-order valence-corrected chi connectivity index (χ0v) is 12.3. The van der Waals surface area contributed by atoms with Gasteiger partial charge in [0.25, 0.3) is 0 Å². The van der Waals surface area contributed by atoms with Crippen molar-refractivity contribution in [2.24, 2.45) is 0 Å². The third kappa shape index (κ3) is 3.67. The standard InChI is InChI=1S/C14H22N4O/c1-10(2)12-6-7-18(17-12)13-16-11(9-19-13)8-15-14(3,4)5/h6-7,9-10,15H,8H2,1-5H3.